The summed E-state index contributed by atoms with van der Waals surface area (Å²) in [7, 11) is 1.63. The molecule has 1 unspecified atom stereocenters. The average molecular weight is 391 g/mol. The van der Waals surface area contributed by atoms with Gasteiger partial charge in [0.15, 0.2) is 0 Å². The van der Waals surface area contributed by atoms with Gasteiger partial charge in [-0.3, -0.25) is 9.59 Å². The van der Waals surface area contributed by atoms with Crippen LogP contribution in [0.3, 0.4) is 0 Å². The third-order valence-corrected chi connectivity index (χ3v) is 5.53. The van der Waals surface area contributed by atoms with E-state index in [2.05, 4.69) is 10.3 Å². The van der Waals surface area contributed by atoms with Crippen molar-refractivity contribution in [2.45, 2.75) is 32.4 Å². The number of aromatic nitrogens is 1. The van der Waals surface area contributed by atoms with Gasteiger partial charge in [0.2, 0.25) is 11.8 Å². The number of fused-ring (bicyclic) bond motifs is 1. The third-order valence-electron chi connectivity index (χ3n) is 5.53. The Hall–Kier alpha value is -3.28. The van der Waals surface area contributed by atoms with Crippen LogP contribution in [0.1, 0.15) is 23.1 Å². The van der Waals surface area contributed by atoms with Crippen LogP contribution in [0.2, 0.25) is 0 Å². The van der Waals surface area contributed by atoms with Crippen molar-refractivity contribution < 1.29 is 14.3 Å². The maximum absolute atomic E-state index is 12.7. The minimum Gasteiger partial charge on any atom is -0.497 e. The van der Waals surface area contributed by atoms with E-state index in [1.54, 1.807) is 12.0 Å². The number of benzene rings is 2. The first-order valence-corrected chi connectivity index (χ1v) is 9.82. The molecule has 6 heteroatoms. The zero-order chi connectivity index (χ0) is 20.4. The Morgan fingerprint density at radius 2 is 2.03 bits per heavy atom. The van der Waals surface area contributed by atoms with Gasteiger partial charge in [0.1, 0.15) is 11.8 Å². The number of aromatic amines is 1. The lowest BCUT2D eigenvalue weighted by atomic mass is 10.1. The molecule has 1 atom stereocenters. The van der Waals surface area contributed by atoms with E-state index in [0.717, 1.165) is 33.3 Å². The van der Waals surface area contributed by atoms with Crippen molar-refractivity contribution in [3.8, 4) is 5.75 Å². The molecular formula is C23H25N3O3. The fourth-order valence-corrected chi connectivity index (χ4v) is 3.91. The Morgan fingerprint density at radius 3 is 2.79 bits per heavy atom. The van der Waals surface area contributed by atoms with Crippen LogP contribution in [0.25, 0.3) is 10.9 Å². The Bertz CT molecular complexity index is 1040. The van der Waals surface area contributed by atoms with E-state index in [9.17, 15) is 9.59 Å². The summed E-state index contributed by atoms with van der Waals surface area (Å²) in [5.74, 6) is 0.639. The molecular weight excluding hydrogens is 366 g/mol. The number of hydrogen-bond donors (Lipinski definition) is 2. The van der Waals surface area contributed by atoms with Crippen molar-refractivity contribution in [2.24, 2.45) is 0 Å². The van der Waals surface area contributed by atoms with E-state index in [-0.39, 0.29) is 18.2 Å². The fourth-order valence-electron chi connectivity index (χ4n) is 3.91. The van der Waals surface area contributed by atoms with E-state index in [4.69, 9.17) is 4.74 Å². The van der Waals surface area contributed by atoms with Gasteiger partial charge < -0.3 is 19.9 Å². The molecule has 6 nitrogen and oxygen atoms in total. The number of likely N-dealkylation sites (tertiary alicyclic amines) is 1. The lowest BCUT2D eigenvalue weighted by molar-refractivity contribution is -0.132. The van der Waals surface area contributed by atoms with Crippen molar-refractivity contribution in [3.05, 3.63) is 65.4 Å². The van der Waals surface area contributed by atoms with Crippen molar-refractivity contribution >= 4 is 22.7 Å². The van der Waals surface area contributed by atoms with E-state index < -0.39 is 6.04 Å². The number of methoxy groups -OCH3 is 1. The second-order valence-corrected chi connectivity index (χ2v) is 7.50. The van der Waals surface area contributed by atoms with Crippen LogP contribution in [0.15, 0.2) is 48.7 Å². The summed E-state index contributed by atoms with van der Waals surface area (Å²) in [6, 6.07) is 13.3. The van der Waals surface area contributed by atoms with Crippen molar-refractivity contribution in [1.82, 2.24) is 15.2 Å². The van der Waals surface area contributed by atoms with Gasteiger partial charge in [-0.05, 0) is 42.2 Å². The minimum absolute atomic E-state index is 0.0241. The maximum Gasteiger partial charge on any atom is 0.245 e. The van der Waals surface area contributed by atoms with E-state index in [1.165, 1.54) is 0 Å². The highest BCUT2D eigenvalue weighted by Gasteiger charge is 2.32. The summed E-state index contributed by atoms with van der Waals surface area (Å²) in [5.41, 5.74) is 4.19. The number of aryl methyl sites for hydroxylation is 1. The zero-order valence-electron chi connectivity index (χ0n) is 16.7. The van der Waals surface area contributed by atoms with Gasteiger partial charge in [-0.15, -0.1) is 0 Å². The van der Waals surface area contributed by atoms with Gasteiger partial charge in [0, 0.05) is 30.2 Å². The van der Waals surface area contributed by atoms with Gasteiger partial charge in [-0.2, -0.15) is 0 Å². The molecule has 0 aliphatic carbocycles. The van der Waals surface area contributed by atoms with Crippen LogP contribution in [0.5, 0.6) is 5.75 Å². The number of hydrogen-bond acceptors (Lipinski definition) is 3. The van der Waals surface area contributed by atoms with E-state index in [1.807, 2.05) is 55.6 Å². The lowest BCUT2D eigenvalue weighted by Gasteiger charge is -2.17. The van der Waals surface area contributed by atoms with Crippen molar-refractivity contribution in [1.29, 1.82) is 0 Å². The first-order chi connectivity index (χ1) is 14.0. The van der Waals surface area contributed by atoms with Crippen LogP contribution in [-0.2, 0) is 22.6 Å². The molecule has 3 aromatic rings. The van der Waals surface area contributed by atoms with Gasteiger partial charge in [-0.1, -0.05) is 30.3 Å². The maximum atomic E-state index is 12.7. The topological polar surface area (TPSA) is 74.4 Å². The predicted octanol–water partition coefficient (Wildman–Crippen LogP) is 2.94. The molecule has 29 heavy (non-hydrogen) atoms. The number of nitrogens with zero attached hydrogens (tertiary/aromatic N) is 1. The second-order valence-electron chi connectivity index (χ2n) is 7.50. The number of H-pyrrole nitrogens is 1. The number of nitrogens with one attached hydrogen (secondary N) is 2. The number of amides is 2. The monoisotopic (exact) mass is 391 g/mol. The third kappa shape index (κ3) is 3.97. The van der Waals surface area contributed by atoms with Crippen molar-refractivity contribution in [2.75, 3.05) is 13.7 Å². The minimum atomic E-state index is -0.451. The van der Waals surface area contributed by atoms with Crippen molar-refractivity contribution in [3.63, 3.8) is 0 Å². The SMILES string of the molecule is COc1ccc(CN2CCC(NC(=O)Cc3c[nH]c4c(C)cccc34)C2=O)cc1. The molecule has 1 fully saturated rings. The molecule has 2 heterocycles. The summed E-state index contributed by atoms with van der Waals surface area (Å²) in [6.45, 7) is 3.22. The fraction of sp³-hybridized carbons (Fsp3) is 0.304. The highest BCUT2D eigenvalue weighted by molar-refractivity contribution is 5.93. The molecule has 1 saturated heterocycles. The second kappa shape index (κ2) is 7.99. The van der Waals surface area contributed by atoms with Crippen LogP contribution in [-0.4, -0.2) is 41.4 Å². The predicted molar refractivity (Wildman–Crippen MR) is 112 cm³/mol. The highest BCUT2D eigenvalue weighted by Crippen LogP contribution is 2.22. The molecule has 1 aliphatic rings. The Balaban J connectivity index is 1.36. The first kappa shape index (κ1) is 19.1. The lowest BCUT2D eigenvalue weighted by Crippen LogP contribution is -2.41. The summed E-state index contributed by atoms with van der Waals surface area (Å²) in [6.07, 6.45) is 2.77. The van der Waals surface area contributed by atoms with E-state index in [0.29, 0.717) is 19.5 Å². The molecule has 1 aromatic heterocycles. The first-order valence-electron chi connectivity index (χ1n) is 9.82. The number of ether oxygens (including phenoxy) is 1. The van der Waals surface area contributed by atoms with Gasteiger partial charge in [0.05, 0.1) is 13.5 Å². The molecule has 150 valence electrons. The standard InChI is InChI=1S/C23H25N3O3/c1-15-4-3-5-19-17(13-24-22(15)19)12-21(27)25-20-10-11-26(23(20)28)14-16-6-8-18(29-2)9-7-16/h3-9,13,20,24H,10-12,14H2,1-2H3,(H,25,27). The molecule has 0 radical (unpaired) electrons. The largest absolute Gasteiger partial charge is 0.497 e. The quantitative estimate of drug-likeness (QED) is 0.678. The van der Waals surface area contributed by atoms with Gasteiger partial charge >= 0.3 is 0 Å². The smallest absolute Gasteiger partial charge is 0.245 e. The van der Waals surface area contributed by atoms with Crippen LogP contribution in [0.4, 0.5) is 0 Å². The number of carbonyl (C=O) groups is 2. The summed E-state index contributed by atoms with van der Waals surface area (Å²) < 4.78 is 5.17. The molecule has 0 spiro atoms. The number of rotatable bonds is 6. The normalized spacial score (nSPS) is 16.4. The molecule has 0 saturated carbocycles. The summed E-state index contributed by atoms with van der Waals surface area (Å²) in [4.78, 5) is 30.3. The van der Waals surface area contributed by atoms with Gasteiger partial charge in [-0.25, -0.2) is 0 Å². The molecule has 2 amide bonds. The number of para-hydroxylation sites is 1. The van der Waals surface area contributed by atoms with E-state index >= 15 is 0 Å². The summed E-state index contributed by atoms with van der Waals surface area (Å²) >= 11 is 0. The average Bonchev–Trinajstić information content (AvgIpc) is 3.28. The molecule has 2 aromatic carbocycles. The zero-order valence-corrected chi connectivity index (χ0v) is 16.7. The van der Waals surface area contributed by atoms with Crippen LogP contribution >= 0.6 is 0 Å². The molecule has 2 N–H and O–H groups in total. The molecule has 0 bridgehead atoms. The van der Waals surface area contributed by atoms with Crippen LogP contribution in [0, 0.1) is 6.92 Å². The Morgan fingerprint density at radius 1 is 1.24 bits per heavy atom. The summed E-state index contributed by atoms with van der Waals surface area (Å²) in [5, 5.41) is 3.97. The molecule has 4 rings (SSSR count). The van der Waals surface area contributed by atoms with Gasteiger partial charge in [0.25, 0.3) is 0 Å². The highest BCUT2D eigenvalue weighted by atomic mass is 16.5. The molecule has 1 aliphatic heterocycles. The van der Waals surface area contributed by atoms with Crippen LogP contribution < -0.4 is 10.1 Å². The Kier molecular flexibility index (Phi) is 5.25. The number of carbonyl (C=O) groups excluding carboxylic acids is 2. The Labute approximate surface area is 169 Å².